The Kier molecular flexibility index (Phi) is 5.62. The fraction of sp³-hybridized carbons (Fsp3) is 0.278. The Morgan fingerprint density at radius 1 is 1.16 bits per heavy atom. The van der Waals surface area contributed by atoms with Crippen LogP contribution in [0.4, 0.5) is 18.9 Å². The first kappa shape index (κ1) is 19.1. The van der Waals surface area contributed by atoms with E-state index >= 15 is 0 Å². The third kappa shape index (κ3) is 4.25. The van der Waals surface area contributed by atoms with Crippen LogP contribution in [0.1, 0.15) is 23.6 Å². The molecule has 0 spiro atoms. The molecular formula is C18H18ClF3N2O. The monoisotopic (exact) mass is 370 g/mol. The van der Waals surface area contributed by atoms with Crippen LogP contribution in [0, 0.1) is 19.3 Å². The molecular weight excluding hydrogens is 353 g/mol. The summed E-state index contributed by atoms with van der Waals surface area (Å²) < 4.78 is 44.5. The van der Waals surface area contributed by atoms with E-state index in [0.717, 1.165) is 22.9 Å². The van der Waals surface area contributed by atoms with Crippen LogP contribution in [-0.2, 0) is 6.18 Å². The molecule has 0 bridgehead atoms. The van der Waals surface area contributed by atoms with Gasteiger partial charge in [0, 0.05) is 12.2 Å². The van der Waals surface area contributed by atoms with Crippen LogP contribution in [0.5, 0.6) is 11.5 Å². The zero-order valence-electron chi connectivity index (χ0n) is 14.0. The van der Waals surface area contributed by atoms with Crippen molar-refractivity contribution in [2.75, 3.05) is 11.4 Å². The summed E-state index contributed by atoms with van der Waals surface area (Å²) in [5, 5.41) is 7.08. The predicted molar refractivity (Wildman–Crippen MR) is 94.2 cm³/mol. The van der Waals surface area contributed by atoms with E-state index < -0.39 is 11.7 Å². The lowest BCUT2D eigenvalue weighted by atomic mass is 10.1. The number of alkyl halides is 3. The van der Waals surface area contributed by atoms with Gasteiger partial charge in [0.05, 0.1) is 16.9 Å². The Balaban J connectivity index is 2.39. The molecule has 0 heterocycles. The zero-order chi connectivity index (χ0) is 18.8. The third-order valence-electron chi connectivity index (χ3n) is 3.77. The van der Waals surface area contributed by atoms with E-state index in [9.17, 15) is 13.2 Å². The second-order valence-electron chi connectivity index (χ2n) is 5.56. The Hall–Kier alpha value is -2.21. The van der Waals surface area contributed by atoms with Crippen molar-refractivity contribution in [3.8, 4) is 11.5 Å². The lowest BCUT2D eigenvalue weighted by Crippen LogP contribution is -2.20. The van der Waals surface area contributed by atoms with Crippen molar-refractivity contribution in [1.82, 2.24) is 0 Å². The Labute approximate surface area is 149 Å². The number of hydrogen-bond acceptors (Lipinski definition) is 2. The van der Waals surface area contributed by atoms with Gasteiger partial charge in [-0.05, 0) is 62.2 Å². The molecule has 0 aromatic heterocycles. The maximum Gasteiger partial charge on any atom is 0.417 e. The van der Waals surface area contributed by atoms with Crippen LogP contribution in [0.25, 0.3) is 0 Å². The number of nitrogens with zero attached hydrogens (tertiary/aromatic N) is 1. The number of halogens is 4. The molecule has 0 amide bonds. The van der Waals surface area contributed by atoms with Gasteiger partial charge in [0.15, 0.2) is 0 Å². The van der Waals surface area contributed by atoms with Crippen LogP contribution in [0.3, 0.4) is 0 Å². The number of anilines is 1. The summed E-state index contributed by atoms with van der Waals surface area (Å²) in [5.41, 5.74) is 1.54. The van der Waals surface area contributed by atoms with Gasteiger partial charge in [0.25, 0.3) is 0 Å². The maximum atomic E-state index is 13.0. The van der Waals surface area contributed by atoms with Gasteiger partial charge in [-0.2, -0.15) is 13.2 Å². The molecule has 1 N–H and O–H groups in total. The average Bonchev–Trinajstić information content (AvgIpc) is 2.53. The summed E-state index contributed by atoms with van der Waals surface area (Å²) in [7, 11) is 0. The Bertz CT molecular complexity index is 791. The zero-order valence-corrected chi connectivity index (χ0v) is 14.8. The van der Waals surface area contributed by atoms with Crippen molar-refractivity contribution in [2.24, 2.45) is 0 Å². The van der Waals surface area contributed by atoms with Crippen molar-refractivity contribution >= 4 is 23.6 Å². The van der Waals surface area contributed by atoms with Crippen LogP contribution in [0.15, 0.2) is 30.3 Å². The quantitative estimate of drug-likeness (QED) is 0.502. The highest BCUT2D eigenvalue weighted by atomic mass is 35.5. The van der Waals surface area contributed by atoms with Gasteiger partial charge in [-0.3, -0.25) is 5.41 Å². The van der Waals surface area contributed by atoms with Crippen LogP contribution < -0.4 is 9.64 Å². The number of rotatable bonds is 5. The van der Waals surface area contributed by atoms with Crippen LogP contribution in [0.2, 0.25) is 5.02 Å². The van der Waals surface area contributed by atoms with Crippen LogP contribution >= 0.6 is 11.6 Å². The van der Waals surface area contributed by atoms with Gasteiger partial charge in [-0.15, -0.1) is 0 Å². The second-order valence-corrected chi connectivity index (χ2v) is 5.97. The first-order valence-corrected chi connectivity index (χ1v) is 7.98. The number of aryl methyl sites for hydroxylation is 2. The van der Waals surface area contributed by atoms with E-state index in [4.69, 9.17) is 21.7 Å². The third-order valence-corrected chi connectivity index (χ3v) is 4.10. The summed E-state index contributed by atoms with van der Waals surface area (Å²) in [6.45, 7) is 6.22. The van der Waals surface area contributed by atoms with Gasteiger partial charge in [-0.25, -0.2) is 0 Å². The first-order valence-electron chi connectivity index (χ1n) is 7.60. The van der Waals surface area contributed by atoms with E-state index in [2.05, 4.69) is 0 Å². The molecule has 3 nitrogen and oxygen atoms in total. The summed E-state index contributed by atoms with van der Waals surface area (Å²) in [4.78, 5) is 1.76. The largest absolute Gasteiger partial charge is 0.457 e. The molecule has 0 saturated carbocycles. The fourth-order valence-corrected chi connectivity index (χ4v) is 2.66. The van der Waals surface area contributed by atoms with E-state index in [0.29, 0.717) is 12.3 Å². The number of hydrogen-bond donors (Lipinski definition) is 1. The number of nitrogens with one attached hydrogen (secondary N) is 1. The van der Waals surface area contributed by atoms with Gasteiger partial charge in [0.2, 0.25) is 0 Å². The molecule has 0 unspecified atom stereocenters. The lowest BCUT2D eigenvalue weighted by Gasteiger charge is -2.21. The maximum absolute atomic E-state index is 13.0. The molecule has 7 heteroatoms. The molecule has 2 aromatic rings. The molecule has 2 rings (SSSR count). The number of ether oxygens (including phenoxy) is 1. The molecule has 0 aliphatic heterocycles. The highest BCUT2D eigenvalue weighted by Gasteiger charge is 2.33. The van der Waals surface area contributed by atoms with Gasteiger partial charge in [0.1, 0.15) is 11.5 Å². The normalized spacial score (nSPS) is 11.3. The molecule has 0 aliphatic rings. The lowest BCUT2D eigenvalue weighted by molar-refractivity contribution is -0.137. The highest BCUT2D eigenvalue weighted by molar-refractivity contribution is 6.31. The van der Waals surface area contributed by atoms with Gasteiger partial charge in [-0.1, -0.05) is 11.6 Å². The predicted octanol–water partition coefficient (Wildman–Crippen LogP) is 6.20. The molecule has 0 fully saturated rings. The molecule has 2 aromatic carbocycles. The van der Waals surface area contributed by atoms with Crippen molar-refractivity contribution in [3.63, 3.8) is 0 Å². The smallest absolute Gasteiger partial charge is 0.417 e. The van der Waals surface area contributed by atoms with E-state index in [1.807, 2.05) is 19.9 Å². The minimum Gasteiger partial charge on any atom is -0.457 e. The van der Waals surface area contributed by atoms with Crippen molar-refractivity contribution in [1.29, 1.82) is 5.41 Å². The topological polar surface area (TPSA) is 36.3 Å². The summed E-state index contributed by atoms with van der Waals surface area (Å²) in [5.74, 6) is 0.518. The molecule has 0 radical (unpaired) electrons. The Morgan fingerprint density at radius 2 is 1.84 bits per heavy atom. The molecule has 0 saturated heterocycles. The Morgan fingerprint density at radius 3 is 2.40 bits per heavy atom. The highest BCUT2D eigenvalue weighted by Crippen LogP contribution is 2.38. The van der Waals surface area contributed by atoms with E-state index in [-0.39, 0.29) is 10.8 Å². The average molecular weight is 371 g/mol. The standard InChI is InChI=1S/C18H18ClF3N2O/c1-4-24(10-23)16-7-12(3)17(8-11(16)2)25-13-5-6-15(19)14(9-13)18(20,21)22/h5-10,23H,4H2,1-3H3. The number of benzene rings is 2. The summed E-state index contributed by atoms with van der Waals surface area (Å²) in [6.07, 6.45) is -3.31. The fourth-order valence-electron chi connectivity index (χ4n) is 2.44. The van der Waals surface area contributed by atoms with Crippen LogP contribution in [-0.4, -0.2) is 12.9 Å². The minimum absolute atomic E-state index is 0.0615. The van der Waals surface area contributed by atoms with E-state index in [1.54, 1.807) is 17.9 Å². The van der Waals surface area contributed by atoms with E-state index in [1.165, 1.54) is 18.5 Å². The molecule has 0 atom stereocenters. The SMILES string of the molecule is CCN(C=N)c1cc(C)c(Oc2ccc(Cl)c(C(F)(F)F)c2)cc1C. The van der Waals surface area contributed by atoms with Crippen molar-refractivity contribution in [2.45, 2.75) is 26.9 Å². The summed E-state index contributed by atoms with van der Waals surface area (Å²) in [6, 6.07) is 7.06. The summed E-state index contributed by atoms with van der Waals surface area (Å²) >= 11 is 5.63. The van der Waals surface area contributed by atoms with Crippen molar-refractivity contribution < 1.29 is 17.9 Å². The molecule has 134 valence electrons. The molecule has 0 aliphatic carbocycles. The first-order chi connectivity index (χ1) is 11.7. The van der Waals surface area contributed by atoms with Gasteiger partial charge >= 0.3 is 6.18 Å². The second kappa shape index (κ2) is 7.35. The molecule has 25 heavy (non-hydrogen) atoms. The van der Waals surface area contributed by atoms with Gasteiger partial charge < -0.3 is 9.64 Å². The minimum atomic E-state index is -4.54. The van der Waals surface area contributed by atoms with Crippen molar-refractivity contribution in [3.05, 3.63) is 52.0 Å².